The second-order valence-corrected chi connectivity index (χ2v) is 32.4. The topological polar surface area (TPSA) is 551 Å². The minimum Gasteiger partial charge on any atom is -0.395 e. The molecule has 0 radical (unpaired) electrons. The third kappa shape index (κ3) is 20.8. The molecule has 12 rings (SSSR count). The van der Waals surface area contributed by atoms with Gasteiger partial charge in [0.05, 0.1) is 87.0 Å². The molecule has 0 amide bonds. The number of para-hydroxylation sites is 1. The van der Waals surface area contributed by atoms with E-state index in [4.69, 9.17) is 34.6 Å². The summed E-state index contributed by atoms with van der Waals surface area (Å²) in [5.41, 5.74) is 4.16. The van der Waals surface area contributed by atoms with Crippen molar-refractivity contribution in [3.8, 4) is 0 Å². The average Bonchev–Trinajstić information content (AvgIpc) is 1.56. The second kappa shape index (κ2) is 35.2. The molecular formula is C65H73N21O17S5. The second-order valence-electron chi connectivity index (χ2n) is 23.6. The van der Waals surface area contributed by atoms with Crippen molar-refractivity contribution in [1.29, 1.82) is 0 Å². The van der Waals surface area contributed by atoms with Crippen molar-refractivity contribution in [1.82, 2.24) is 73.6 Å². The summed E-state index contributed by atoms with van der Waals surface area (Å²) in [6.45, 7) is 3.99. The molecule has 0 unspecified atom stereocenters. The Kier molecular flexibility index (Phi) is 26.0. The first-order valence-corrected chi connectivity index (χ1v) is 39.7. The number of anilines is 12. The summed E-state index contributed by atoms with van der Waals surface area (Å²) in [5, 5.41) is 76.6. The van der Waals surface area contributed by atoms with Gasteiger partial charge in [0.25, 0.3) is 11.4 Å². The Morgan fingerprint density at radius 1 is 0.333 bits per heavy atom. The van der Waals surface area contributed by atoms with E-state index in [-0.39, 0.29) is 114 Å². The number of nitrogens with zero attached hydrogens (tertiary/aromatic N) is 10. The standard InChI is InChI=1S/C25H32N8O6S2.C21H23N7O7S2.C19H18N6O4S/c1-25(2,3)33-23-21(16-26-33)22(29-17-4-8-19(9-5-17)40(36,37)27-12-14-34)31-24(32-23)30-18-6-10-20(11-7-18)41(38,39)28-13-15-35;29-11-9-23-36(31,32)16-5-1-14(2-6-16)25-19-18-13-22-35-20(18)28-21(27-19)26-15-3-7-17(8-4-15)37(33,34)24-10-12-30;26-11-10-21-30(27,28)15-8-6-14(7-9-15)23-19-24-17(16-12-20-29-18(16)25-19)22-13-4-2-1-3-5-13/h4-11,16,27-28,34-35H,12-15H2,1-3H3,(H2,29,30,31,32);1-8,13,23-24,29-30H,9-12H2,(H2,25,26,27,28);1-9,12,21,26H,10-11H2,(H2,22,23,24,25). The van der Waals surface area contributed by atoms with Crippen LogP contribution in [0, 0.1) is 0 Å². The van der Waals surface area contributed by atoms with Gasteiger partial charge < -0.3 is 66.5 Å². The minimum absolute atomic E-state index is 0.0254. The van der Waals surface area contributed by atoms with Crippen molar-refractivity contribution in [2.75, 3.05) is 97.7 Å². The van der Waals surface area contributed by atoms with Gasteiger partial charge in [-0.1, -0.05) is 28.5 Å². The van der Waals surface area contributed by atoms with E-state index in [9.17, 15) is 42.1 Å². The van der Waals surface area contributed by atoms with Crippen LogP contribution in [0.5, 0.6) is 0 Å². The number of aliphatic hydroxyl groups is 5. The van der Waals surface area contributed by atoms with Gasteiger partial charge >= 0.3 is 0 Å². The summed E-state index contributed by atoms with van der Waals surface area (Å²) in [7, 11) is -18.7. The summed E-state index contributed by atoms with van der Waals surface area (Å²) in [6.07, 6.45) is 4.60. The van der Waals surface area contributed by atoms with Gasteiger partial charge in [-0.15, -0.1) is 0 Å². The van der Waals surface area contributed by atoms with Crippen LogP contribution in [0.3, 0.4) is 0 Å². The quantitative estimate of drug-likeness (QED) is 0.0273. The molecule has 16 N–H and O–H groups in total. The molecule has 6 aromatic carbocycles. The Bertz CT molecular complexity index is 5640. The molecule has 0 atom stereocenters. The molecule has 38 nitrogen and oxygen atoms in total. The molecule has 108 heavy (non-hydrogen) atoms. The molecule has 0 aliphatic carbocycles. The van der Waals surface area contributed by atoms with Crippen LogP contribution in [0.25, 0.3) is 33.2 Å². The lowest BCUT2D eigenvalue weighted by Gasteiger charge is -2.20. The van der Waals surface area contributed by atoms with Crippen LogP contribution in [0.4, 0.5) is 69.4 Å². The fourth-order valence-electron chi connectivity index (χ4n) is 9.60. The molecule has 6 aromatic heterocycles. The highest BCUT2D eigenvalue weighted by Gasteiger charge is 2.24. The van der Waals surface area contributed by atoms with Gasteiger partial charge in [-0.3, -0.25) is 0 Å². The smallest absolute Gasteiger partial charge is 0.264 e. The SMILES string of the molecule is CC(C)(C)n1ncc2c(Nc3ccc(S(=O)(=O)NCCO)cc3)nc(Nc3ccc(S(=O)(=O)NCCO)cc3)nc21.O=S(=O)(NCCO)c1ccc(Nc2nc(Nc3ccc(S(=O)(=O)NCCO)cc3)c3cnoc3n2)cc1.O=S(=O)(NCCO)c1ccc(Nc2nc(Nc3ccccc3)c3cnoc3n2)cc1. The molecule has 0 fully saturated rings. The predicted octanol–water partition coefficient (Wildman–Crippen LogP) is 4.63. The number of hydrogen-bond acceptors (Lipinski definition) is 32. The summed E-state index contributed by atoms with van der Waals surface area (Å²) in [6, 6.07) is 39.3. The van der Waals surface area contributed by atoms with Crippen LogP contribution in [-0.4, -0.2) is 183 Å². The zero-order chi connectivity index (χ0) is 77.3. The number of aliphatic hydroxyl groups excluding tert-OH is 5. The van der Waals surface area contributed by atoms with E-state index < -0.39 is 55.7 Å². The highest BCUT2D eigenvalue weighted by atomic mass is 32.2. The predicted molar refractivity (Wildman–Crippen MR) is 399 cm³/mol. The zero-order valence-electron chi connectivity index (χ0n) is 57.4. The number of hydrogen-bond donors (Lipinski definition) is 16. The van der Waals surface area contributed by atoms with Gasteiger partial charge in [-0.2, -0.15) is 35.0 Å². The van der Waals surface area contributed by atoms with Crippen molar-refractivity contribution < 1.29 is 76.7 Å². The molecular weight excluding hydrogens is 1510 g/mol. The van der Waals surface area contributed by atoms with E-state index in [2.05, 4.69) is 101 Å². The largest absolute Gasteiger partial charge is 0.395 e. The van der Waals surface area contributed by atoms with Crippen LogP contribution in [0.1, 0.15) is 20.8 Å². The molecule has 570 valence electrons. The maximum absolute atomic E-state index is 12.3. The first-order valence-electron chi connectivity index (χ1n) is 32.3. The van der Waals surface area contributed by atoms with Crippen molar-refractivity contribution in [3.63, 3.8) is 0 Å². The summed E-state index contributed by atoms with van der Waals surface area (Å²) in [5.74, 6) is 1.86. The maximum Gasteiger partial charge on any atom is 0.264 e. The minimum atomic E-state index is -3.76. The lowest BCUT2D eigenvalue weighted by molar-refractivity contribution is 0.300. The van der Waals surface area contributed by atoms with Gasteiger partial charge in [0.2, 0.25) is 68.0 Å². The average molecular weight is 1580 g/mol. The summed E-state index contributed by atoms with van der Waals surface area (Å²) < 4.78 is 146. The Balaban J connectivity index is 0.000000175. The van der Waals surface area contributed by atoms with Gasteiger partial charge in [-0.05, 0) is 154 Å². The summed E-state index contributed by atoms with van der Waals surface area (Å²) in [4.78, 5) is 27.0. The van der Waals surface area contributed by atoms with Gasteiger partial charge in [0.15, 0.2) is 5.65 Å². The third-order valence-electron chi connectivity index (χ3n) is 14.7. The Morgan fingerprint density at radius 2 is 0.602 bits per heavy atom. The van der Waals surface area contributed by atoms with Crippen molar-refractivity contribution in [3.05, 3.63) is 170 Å². The normalized spacial score (nSPS) is 12.1. The first kappa shape index (κ1) is 79.7. The highest BCUT2D eigenvalue weighted by molar-refractivity contribution is 7.90. The Hall–Kier alpha value is -10.9. The van der Waals surface area contributed by atoms with E-state index in [0.717, 1.165) is 5.69 Å². The molecule has 0 spiro atoms. The van der Waals surface area contributed by atoms with Gasteiger partial charge in [0, 0.05) is 66.8 Å². The molecule has 43 heteroatoms. The van der Waals surface area contributed by atoms with Crippen molar-refractivity contribution in [2.24, 2.45) is 0 Å². The fraction of sp³-hybridized carbons (Fsp3) is 0.215. The summed E-state index contributed by atoms with van der Waals surface area (Å²) >= 11 is 0. The molecule has 0 aliphatic heterocycles. The molecule has 0 saturated carbocycles. The van der Waals surface area contributed by atoms with Gasteiger partial charge in [-0.25, -0.2) is 70.4 Å². The van der Waals surface area contributed by atoms with Crippen molar-refractivity contribution >= 4 is 153 Å². The lowest BCUT2D eigenvalue weighted by Crippen LogP contribution is -2.26. The highest BCUT2D eigenvalue weighted by Crippen LogP contribution is 2.33. The van der Waals surface area contributed by atoms with E-state index in [1.54, 1.807) is 59.4 Å². The first-order chi connectivity index (χ1) is 51.6. The number of nitrogens with one attached hydrogen (secondary N) is 11. The number of rotatable bonds is 32. The van der Waals surface area contributed by atoms with Crippen LogP contribution < -0.4 is 55.5 Å². The molecule has 6 heterocycles. The lowest BCUT2D eigenvalue weighted by atomic mass is 10.1. The third-order valence-corrected chi connectivity index (χ3v) is 22.1. The van der Waals surface area contributed by atoms with Crippen molar-refractivity contribution in [2.45, 2.75) is 50.8 Å². The number of aromatic nitrogens is 10. The zero-order valence-corrected chi connectivity index (χ0v) is 61.5. The fourth-order valence-corrected chi connectivity index (χ4v) is 14.7. The number of sulfonamides is 5. The molecule has 12 aromatic rings. The van der Waals surface area contributed by atoms with E-state index in [0.29, 0.717) is 73.4 Å². The molecule has 0 bridgehead atoms. The monoisotopic (exact) mass is 1580 g/mol. The molecule has 0 aliphatic rings. The van der Waals surface area contributed by atoms with Crippen LogP contribution in [0.2, 0.25) is 0 Å². The van der Waals surface area contributed by atoms with E-state index in [1.807, 2.05) is 51.1 Å². The molecule has 0 saturated heterocycles. The number of benzene rings is 6. The van der Waals surface area contributed by atoms with Crippen LogP contribution in [-0.2, 0) is 55.7 Å². The van der Waals surface area contributed by atoms with Crippen LogP contribution in [0.15, 0.2) is 204 Å². The van der Waals surface area contributed by atoms with E-state index >= 15 is 0 Å². The van der Waals surface area contributed by atoms with Crippen LogP contribution >= 0.6 is 0 Å². The Morgan fingerprint density at radius 3 is 0.889 bits per heavy atom. The Labute approximate surface area is 618 Å². The van der Waals surface area contributed by atoms with E-state index in [1.165, 1.54) is 85.2 Å². The van der Waals surface area contributed by atoms with Gasteiger partial charge in [0.1, 0.15) is 28.2 Å². The maximum atomic E-state index is 12.3. The number of fused-ring (bicyclic) bond motifs is 3.